The number of methoxy groups -OCH3 is 1. The highest BCUT2D eigenvalue weighted by Gasteiger charge is 2.20. The summed E-state index contributed by atoms with van der Waals surface area (Å²) < 4.78 is 5.34. The Balaban J connectivity index is 0.000000141. The smallest absolute Gasteiger partial charge is 0.0948 e. The molecule has 2 N–H and O–H groups in total. The van der Waals surface area contributed by atoms with Gasteiger partial charge >= 0.3 is 0 Å². The topological polar surface area (TPSA) is 44.7 Å². The first-order valence-corrected chi connectivity index (χ1v) is 8.27. The van der Waals surface area contributed by atoms with Crippen molar-refractivity contribution < 1.29 is 9.84 Å². The Labute approximate surface area is 144 Å². The fraction of sp³-hybridized carbons (Fsp3) is 0.400. The summed E-state index contributed by atoms with van der Waals surface area (Å²) in [5.74, 6) is 0. The molecule has 2 unspecified atom stereocenters. The minimum atomic E-state index is -0.337. The van der Waals surface area contributed by atoms with E-state index >= 15 is 0 Å². The Morgan fingerprint density at radius 2 is 1.88 bits per heavy atom. The molecule has 0 aromatic heterocycles. The second-order valence-corrected chi connectivity index (χ2v) is 6.32. The number of aliphatic hydroxyl groups excluding tert-OH is 1. The SMILES string of the molecule is CN1Cc2cc[c]cc2C(O)C1.COC1CNCc2cc[c]cc21. The summed E-state index contributed by atoms with van der Waals surface area (Å²) in [5, 5.41) is 13.0. The van der Waals surface area contributed by atoms with Crippen molar-refractivity contribution in [3.8, 4) is 0 Å². The summed E-state index contributed by atoms with van der Waals surface area (Å²) in [6.45, 7) is 3.51. The van der Waals surface area contributed by atoms with Crippen molar-refractivity contribution in [1.82, 2.24) is 10.2 Å². The number of benzene rings is 2. The van der Waals surface area contributed by atoms with Crippen molar-refractivity contribution in [2.24, 2.45) is 0 Å². The molecule has 0 saturated carbocycles. The van der Waals surface area contributed by atoms with Crippen LogP contribution in [0.3, 0.4) is 0 Å². The van der Waals surface area contributed by atoms with E-state index in [-0.39, 0.29) is 12.2 Å². The molecule has 2 aromatic carbocycles. The Bertz CT molecular complexity index is 674. The Kier molecular flexibility index (Phi) is 5.63. The number of hydrogen-bond acceptors (Lipinski definition) is 4. The van der Waals surface area contributed by atoms with Gasteiger partial charge in [0.2, 0.25) is 0 Å². The van der Waals surface area contributed by atoms with Gasteiger partial charge in [-0.1, -0.05) is 24.3 Å². The molecule has 0 saturated heterocycles. The van der Waals surface area contributed by atoms with E-state index < -0.39 is 0 Å². The third kappa shape index (κ3) is 3.84. The molecule has 126 valence electrons. The van der Waals surface area contributed by atoms with Crippen LogP contribution in [-0.4, -0.2) is 37.3 Å². The first-order chi connectivity index (χ1) is 11.7. The molecule has 2 aliphatic rings. The summed E-state index contributed by atoms with van der Waals surface area (Å²) in [6.07, 6.45) is -0.137. The van der Waals surface area contributed by atoms with Gasteiger partial charge in [0.25, 0.3) is 0 Å². The van der Waals surface area contributed by atoms with Crippen LogP contribution in [0.25, 0.3) is 0 Å². The summed E-state index contributed by atoms with van der Waals surface area (Å²) in [7, 11) is 3.76. The highest BCUT2D eigenvalue weighted by molar-refractivity contribution is 5.31. The van der Waals surface area contributed by atoms with Crippen LogP contribution in [0.15, 0.2) is 36.4 Å². The van der Waals surface area contributed by atoms with Gasteiger partial charge in [0.05, 0.1) is 12.2 Å². The number of nitrogens with one attached hydrogen (secondary N) is 1. The molecule has 4 rings (SSSR count). The van der Waals surface area contributed by atoms with Gasteiger partial charge in [-0.05, 0) is 53.6 Å². The van der Waals surface area contributed by atoms with E-state index in [1.54, 1.807) is 7.11 Å². The number of aliphatic hydroxyl groups is 1. The van der Waals surface area contributed by atoms with E-state index in [0.717, 1.165) is 31.7 Å². The van der Waals surface area contributed by atoms with E-state index in [0.29, 0.717) is 0 Å². The van der Waals surface area contributed by atoms with Crippen molar-refractivity contribution in [1.29, 1.82) is 0 Å². The number of likely N-dealkylation sites (N-methyl/N-ethyl adjacent to an activating group) is 1. The first kappa shape index (κ1) is 17.1. The number of nitrogens with zero attached hydrogens (tertiary/aromatic N) is 1. The van der Waals surface area contributed by atoms with Crippen molar-refractivity contribution >= 4 is 0 Å². The third-order valence-corrected chi connectivity index (χ3v) is 4.54. The molecule has 2 radical (unpaired) electrons. The maximum Gasteiger partial charge on any atom is 0.0948 e. The van der Waals surface area contributed by atoms with Crippen LogP contribution in [0.2, 0.25) is 0 Å². The minimum absolute atomic E-state index is 0.200. The Hall–Kier alpha value is -1.72. The number of ether oxygens (including phenoxy) is 1. The molecule has 0 fully saturated rings. The van der Waals surface area contributed by atoms with Crippen molar-refractivity contribution in [3.05, 3.63) is 70.8 Å². The summed E-state index contributed by atoms with van der Waals surface area (Å²) in [6, 6.07) is 17.9. The van der Waals surface area contributed by atoms with Crippen LogP contribution in [0.1, 0.15) is 34.5 Å². The van der Waals surface area contributed by atoms with Gasteiger partial charge in [0.15, 0.2) is 0 Å². The number of rotatable bonds is 1. The van der Waals surface area contributed by atoms with Gasteiger partial charge in [0.1, 0.15) is 0 Å². The normalized spacial score (nSPS) is 22.8. The van der Waals surface area contributed by atoms with Crippen LogP contribution in [-0.2, 0) is 17.8 Å². The van der Waals surface area contributed by atoms with Gasteiger partial charge in [-0.3, -0.25) is 4.90 Å². The number of β-amino-alcohol motifs (C(OH)–C–C–N with tert-alkyl or cyclic N) is 1. The highest BCUT2D eigenvalue weighted by Crippen LogP contribution is 2.25. The second kappa shape index (κ2) is 7.90. The maximum absolute atomic E-state index is 9.67. The molecule has 2 aliphatic heterocycles. The largest absolute Gasteiger partial charge is 0.387 e. The van der Waals surface area contributed by atoms with Gasteiger partial charge in [-0.25, -0.2) is 0 Å². The Morgan fingerprint density at radius 3 is 2.62 bits per heavy atom. The molecule has 0 amide bonds. The van der Waals surface area contributed by atoms with Gasteiger partial charge < -0.3 is 15.2 Å². The van der Waals surface area contributed by atoms with Crippen molar-refractivity contribution in [3.63, 3.8) is 0 Å². The van der Waals surface area contributed by atoms with Crippen LogP contribution >= 0.6 is 0 Å². The van der Waals surface area contributed by atoms with Gasteiger partial charge in [-0.15, -0.1) is 0 Å². The molecule has 4 heteroatoms. The molecule has 0 spiro atoms. The first-order valence-electron chi connectivity index (χ1n) is 8.27. The van der Waals surface area contributed by atoms with Crippen LogP contribution in [0.4, 0.5) is 0 Å². The molecule has 0 aliphatic carbocycles. The molecule has 0 bridgehead atoms. The van der Waals surface area contributed by atoms with E-state index in [1.807, 2.05) is 37.4 Å². The zero-order valence-corrected chi connectivity index (χ0v) is 14.2. The Morgan fingerprint density at radius 1 is 1.17 bits per heavy atom. The number of hydrogen-bond donors (Lipinski definition) is 2. The molecule has 2 heterocycles. The zero-order chi connectivity index (χ0) is 16.9. The van der Waals surface area contributed by atoms with E-state index in [1.165, 1.54) is 16.7 Å². The fourth-order valence-electron chi connectivity index (χ4n) is 3.27. The number of fused-ring (bicyclic) bond motifs is 2. The van der Waals surface area contributed by atoms with E-state index in [4.69, 9.17) is 4.74 Å². The molecule has 2 atom stereocenters. The lowest BCUT2D eigenvalue weighted by molar-refractivity contribution is 0.0955. The van der Waals surface area contributed by atoms with E-state index in [9.17, 15) is 5.11 Å². The van der Waals surface area contributed by atoms with Crippen LogP contribution < -0.4 is 5.32 Å². The average Bonchev–Trinajstić information content (AvgIpc) is 2.61. The van der Waals surface area contributed by atoms with Crippen LogP contribution in [0, 0.1) is 12.1 Å². The maximum atomic E-state index is 9.67. The third-order valence-electron chi connectivity index (χ3n) is 4.54. The molecule has 4 nitrogen and oxygen atoms in total. The summed E-state index contributed by atoms with van der Waals surface area (Å²) in [5.41, 5.74) is 4.86. The highest BCUT2D eigenvalue weighted by atomic mass is 16.5. The molecule has 24 heavy (non-hydrogen) atoms. The molecular weight excluding hydrogens is 300 g/mol. The fourth-order valence-corrected chi connectivity index (χ4v) is 3.27. The van der Waals surface area contributed by atoms with Gasteiger partial charge in [-0.2, -0.15) is 0 Å². The molecule has 2 aromatic rings. The summed E-state index contributed by atoms with van der Waals surface area (Å²) >= 11 is 0. The summed E-state index contributed by atoms with van der Waals surface area (Å²) in [4.78, 5) is 2.12. The van der Waals surface area contributed by atoms with Gasteiger partial charge in [0, 0.05) is 33.3 Å². The molecular formula is C20H24N2O2. The lowest BCUT2D eigenvalue weighted by Gasteiger charge is -2.28. The lowest BCUT2D eigenvalue weighted by Crippen LogP contribution is -2.30. The monoisotopic (exact) mass is 324 g/mol. The second-order valence-electron chi connectivity index (χ2n) is 6.32. The van der Waals surface area contributed by atoms with E-state index in [2.05, 4.69) is 28.4 Å². The predicted octanol–water partition coefficient (Wildman–Crippen LogP) is 2.24. The lowest BCUT2D eigenvalue weighted by atomic mass is 9.98. The van der Waals surface area contributed by atoms with Crippen molar-refractivity contribution in [2.45, 2.75) is 25.3 Å². The quantitative estimate of drug-likeness (QED) is 0.844. The van der Waals surface area contributed by atoms with Crippen LogP contribution in [0.5, 0.6) is 0 Å². The van der Waals surface area contributed by atoms with Crippen molar-refractivity contribution in [2.75, 3.05) is 27.2 Å². The predicted molar refractivity (Wildman–Crippen MR) is 93.3 cm³/mol. The zero-order valence-electron chi connectivity index (χ0n) is 14.2. The standard InChI is InChI=1S/2C10H12NO/c1-12-10-7-11-6-8-4-2-3-5-9(8)10;1-11-6-8-4-2-3-5-9(8)10(12)7-11/h2,4-5,10-11H,6-7H2,1H3;2,4-5,10,12H,6-7H2,1H3. The average molecular weight is 324 g/mol. The minimum Gasteiger partial charge on any atom is -0.387 e.